The van der Waals surface area contributed by atoms with E-state index in [9.17, 15) is 9.59 Å². The van der Waals surface area contributed by atoms with Crippen molar-refractivity contribution >= 4 is 29.6 Å². The Balaban J connectivity index is 1.72. The fourth-order valence-electron chi connectivity index (χ4n) is 2.47. The molecular formula is C20H17ClN2O3. The van der Waals surface area contributed by atoms with Gasteiger partial charge in [0.05, 0.1) is 6.54 Å². The second-order valence-electron chi connectivity index (χ2n) is 5.67. The van der Waals surface area contributed by atoms with Crippen LogP contribution in [0.5, 0.6) is 5.75 Å². The van der Waals surface area contributed by atoms with Crippen LogP contribution in [-0.2, 0) is 11.3 Å². The van der Waals surface area contributed by atoms with Gasteiger partial charge in [-0.15, -0.1) is 0 Å². The summed E-state index contributed by atoms with van der Waals surface area (Å²) < 4.78 is 5.42. The molecule has 1 saturated heterocycles. The van der Waals surface area contributed by atoms with E-state index in [1.807, 2.05) is 12.1 Å². The smallest absolute Gasteiger partial charge is 0.329 e. The minimum absolute atomic E-state index is 0.188. The quantitative estimate of drug-likeness (QED) is 0.476. The predicted octanol–water partition coefficient (Wildman–Crippen LogP) is 4.00. The Morgan fingerprint density at radius 2 is 1.77 bits per heavy atom. The number of nitrogens with zero attached hydrogens (tertiary/aromatic N) is 1. The largest absolute Gasteiger partial charge is 0.490 e. The van der Waals surface area contributed by atoms with Gasteiger partial charge in [-0.25, -0.2) is 4.79 Å². The number of rotatable bonds is 6. The average molecular weight is 369 g/mol. The van der Waals surface area contributed by atoms with E-state index in [2.05, 4.69) is 11.9 Å². The monoisotopic (exact) mass is 368 g/mol. The lowest BCUT2D eigenvalue weighted by Crippen LogP contribution is -2.30. The molecule has 1 aliphatic rings. The standard InChI is InChI=1S/C20H17ClN2O3/c1-2-11-26-17-9-5-14(6-10-17)12-18-19(24)23(20(25)22-18)13-15-3-7-16(21)8-4-15/h2-10,12H,1,11,13H2,(H,22,25)/b18-12-. The van der Waals surface area contributed by atoms with Crippen LogP contribution in [0, 0.1) is 0 Å². The molecule has 0 unspecified atom stereocenters. The van der Waals surface area contributed by atoms with Crippen LogP contribution in [0.3, 0.4) is 0 Å². The first-order valence-electron chi connectivity index (χ1n) is 7.99. The van der Waals surface area contributed by atoms with Crippen molar-refractivity contribution in [3.8, 4) is 5.75 Å². The lowest BCUT2D eigenvalue weighted by atomic mass is 10.1. The van der Waals surface area contributed by atoms with Gasteiger partial charge in [0, 0.05) is 5.02 Å². The van der Waals surface area contributed by atoms with Gasteiger partial charge in [0.15, 0.2) is 0 Å². The van der Waals surface area contributed by atoms with E-state index < -0.39 is 6.03 Å². The van der Waals surface area contributed by atoms with Crippen molar-refractivity contribution in [1.82, 2.24) is 10.2 Å². The van der Waals surface area contributed by atoms with Crippen molar-refractivity contribution < 1.29 is 14.3 Å². The van der Waals surface area contributed by atoms with Crippen molar-refractivity contribution in [2.24, 2.45) is 0 Å². The van der Waals surface area contributed by atoms with Crippen molar-refractivity contribution in [2.45, 2.75) is 6.54 Å². The van der Waals surface area contributed by atoms with E-state index in [0.717, 1.165) is 16.0 Å². The zero-order chi connectivity index (χ0) is 18.5. The molecule has 0 radical (unpaired) electrons. The summed E-state index contributed by atoms with van der Waals surface area (Å²) in [7, 11) is 0. The third-order valence-electron chi connectivity index (χ3n) is 3.78. The van der Waals surface area contributed by atoms with Crippen LogP contribution in [0.4, 0.5) is 4.79 Å². The van der Waals surface area contributed by atoms with Crippen molar-refractivity contribution in [3.63, 3.8) is 0 Å². The number of hydrogen-bond acceptors (Lipinski definition) is 3. The summed E-state index contributed by atoms with van der Waals surface area (Å²) in [5, 5.41) is 3.21. The van der Waals surface area contributed by atoms with Gasteiger partial charge < -0.3 is 10.1 Å². The molecule has 1 heterocycles. The van der Waals surface area contributed by atoms with Crippen LogP contribution in [-0.4, -0.2) is 23.4 Å². The molecular weight excluding hydrogens is 352 g/mol. The van der Waals surface area contributed by atoms with Crippen LogP contribution in [0.2, 0.25) is 5.02 Å². The summed E-state index contributed by atoms with van der Waals surface area (Å²) in [6.07, 6.45) is 3.30. The Morgan fingerprint density at radius 3 is 2.42 bits per heavy atom. The lowest BCUT2D eigenvalue weighted by molar-refractivity contribution is -0.123. The Hall–Kier alpha value is -3.05. The molecule has 1 N–H and O–H groups in total. The summed E-state index contributed by atoms with van der Waals surface area (Å²) >= 11 is 5.86. The number of urea groups is 1. The number of nitrogens with one attached hydrogen (secondary N) is 1. The minimum atomic E-state index is -0.442. The third-order valence-corrected chi connectivity index (χ3v) is 4.03. The molecule has 0 saturated carbocycles. The van der Waals surface area contributed by atoms with Gasteiger partial charge in [-0.3, -0.25) is 9.69 Å². The van der Waals surface area contributed by atoms with Gasteiger partial charge in [-0.05, 0) is 41.5 Å². The molecule has 26 heavy (non-hydrogen) atoms. The number of carbonyl (C=O) groups excluding carboxylic acids is 2. The van der Waals surface area contributed by atoms with E-state index in [0.29, 0.717) is 17.4 Å². The highest BCUT2D eigenvalue weighted by molar-refractivity contribution is 6.30. The molecule has 0 atom stereocenters. The zero-order valence-corrected chi connectivity index (χ0v) is 14.7. The number of hydrogen-bond donors (Lipinski definition) is 1. The molecule has 6 heteroatoms. The summed E-state index contributed by atoms with van der Waals surface area (Å²) in [5.74, 6) is 0.343. The number of ether oxygens (including phenoxy) is 1. The third kappa shape index (κ3) is 4.13. The Labute approximate surface area is 156 Å². The number of amides is 3. The fourth-order valence-corrected chi connectivity index (χ4v) is 2.60. The molecule has 0 spiro atoms. The van der Waals surface area contributed by atoms with Crippen LogP contribution < -0.4 is 10.1 Å². The molecule has 1 fully saturated rings. The van der Waals surface area contributed by atoms with Gasteiger partial charge in [0.2, 0.25) is 0 Å². The van der Waals surface area contributed by atoms with E-state index >= 15 is 0 Å². The highest BCUT2D eigenvalue weighted by atomic mass is 35.5. The predicted molar refractivity (Wildman–Crippen MR) is 101 cm³/mol. The molecule has 2 aromatic carbocycles. The van der Waals surface area contributed by atoms with Crippen molar-refractivity contribution in [3.05, 3.63) is 83.0 Å². The number of imide groups is 1. The summed E-state index contributed by atoms with van der Waals surface area (Å²) in [6, 6.07) is 13.8. The lowest BCUT2D eigenvalue weighted by Gasteiger charge is -2.11. The van der Waals surface area contributed by atoms with Crippen molar-refractivity contribution in [2.75, 3.05) is 6.61 Å². The van der Waals surface area contributed by atoms with Gasteiger partial charge in [-0.1, -0.05) is 48.5 Å². The summed E-state index contributed by atoms with van der Waals surface area (Å²) in [4.78, 5) is 25.8. The SMILES string of the molecule is C=CCOc1ccc(/C=C2\NC(=O)N(Cc3ccc(Cl)cc3)C2=O)cc1. The molecule has 3 amide bonds. The normalized spacial score (nSPS) is 15.3. The van der Waals surface area contributed by atoms with E-state index in [-0.39, 0.29) is 18.1 Å². The minimum Gasteiger partial charge on any atom is -0.490 e. The van der Waals surface area contributed by atoms with Gasteiger partial charge in [0.1, 0.15) is 18.1 Å². The molecule has 0 bridgehead atoms. The topological polar surface area (TPSA) is 58.6 Å². The first-order valence-corrected chi connectivity index (χ1v) is 8.37. The van der Waals surface area contributed by atoms with Crippen LogP contribution >= 0.6 is 11.6 Å². The number of carbonyl (C=O) groups is 2. The molecule has 2 aromatic rings. The van der Waals surface area contributed by atoms with Gasteiger partial charge in [0.25, 0.3) is 5.91 Å². The van der Waals surface area contributed by atoms with Gasteiger partial charge >= 0.3 is 6.03 Å². The molecule has 0 aliphatic carbocycles. The second kappa shape index (κ2) is 7.89. The maximum absolute atomic E-state index is 12.5. The summed E-state index contributed by atoms with van der Waals surface area (Å²) in [5.41, 5.74) is 1.85. The Bertz CT molecular complexity index is 858. The Morgan fingerprint density at radius 1 is 1.08 bits per heavy atom. The van der Waals surface area contributed by atoms with E-state index in [1.165, 1.54) is 0 Å². The van der Waals surface area contributed by atoms with E-state index in [4.69, 9.17) is 16.3 Å². The molecule has 1 aliphatic heterocycles. The zero-order valence-electron chi connectivity index (χ0n) is 13.9. The van der Waals surface area contributed by atoms with Crippen LogP contribution in [0.15, 0.2) is 66.9 Å². The summed E-state index contributed by atoms with van der Waals surface area (Å²) in [6.45, 7) is 4.21. The van der Waals surface area contributed by atoms with E-state index in [1.54, 1.807) is 48.6 Å². The maximum atomic E-state index is 12.5. The molecule has 0 aromatic heterocycles. The second-order valence-corrected chi connectivity index (χ2v) is 6.11. The number of benzene rings is 2. The highest BCUT2D eigenvalue weighted by Crippen LogP contribution is 2.19. The first kappa shape index (κ1) is 17.8. The van der Waals surface area contributed by atoms with Crippen molar-refractivity contribution in [1.29, 1.82) is 0 Å². The van der Waals surface area contributed by atoms with Gasteiger partial charge in [-0.2, -0.15) is 0 Å². The highest BCUT2D eigenvalue weighted by Gasteiger charge is 2.33. The number of halogens is 1. The molecule has 132 valence electrons. The Kier molecular flexibility index (Phi) is 5.39. The average Bonchev–Trinajstić information content (AvgIpc) is 2.90. The molecule has 3 rings (SSSR count). The van der Waals surface area contributed by atoms with Crippen LogP contribution in [0.1, 0.15) is 11.1 Å². The first-order chi connectivity index (χ1) is 12.6. The maximum Gasteiger partial charge on any atom is 0.329 e. The molecule has 5 nitrogen and oxygen atoms in total. The van der Waals surface area contributed by atoms with Crippen LogP contribution in [0.25, 0.3) is 6.08 Å². The fraction of sp³-hybridized carbons (Fsp3) is 0.100.